The third-order valence-corrected chi connectivity index (χ3v) is 4.68. The maximum absolute atomic E-state index is 12.6. The molecule has 0 unspecified atom stereocenters. The van der Waals surface area contributed by atoms with E-state index in [1.165, 1.54) is 12.4 Å². The van der Waals surface area contributed by atoms with Gasteiger partial charge in [0.1, 0.15) is 5.75 Å². The van der Waals surface area contributed by atoms with Crippen LogP contribution in [0, 0.1) is 0 Å². The number of benzene rings is 1. The van der Waals surface area contributed by atoms with Gasteiger partial charge in [0.25, 0.3) is 17.8 Å². The number of hydrogen-bond acceptors (Lipinski definition) is 7. The van der Waals surface area contributed by atoms with Crippen LogP contribution in [-0.4, -0.2) is 44.3 Å². The molecule has 1 aliphatic heterocycles. The number of amides is 2. The Morgan fingerprint density at radius 2 is 1.86 bits per heavy atom. The first kappa shape index (κ1) is 22.1. The zero-order chi connectivity index (χ0) is 21.4. The number of aromatic nitrogens is 1. The quantitative estimate of drug-likeness (QED) is 0.562. The number of para-hydroxylation sites is 1. The summed E-state index contributed by atoms with van der Waals surface area (Å²) in [5, 5.41) is 8.49. The summed E-state index contributed by atoms with van der Waals surface area (Å²) in [6.07, 6.45) is 4.69. The minimum absolute atomic E-state index is 0.258. The van der Waals surface area contributed by atoms with E-state index in [-0.39, 0.29) is 10.2 Å². The van der Waals surface area contributed by atoms with Gasteiger partial charge >= 0.3 is 0 Å². The topological polar surface area (TPSA) is 109 Å². The van der Waals surface area contributed by atoms with Crippen LogP contribution in [0.25, 0.3) is 6.08 Å². The smallest absolute Gasteiger partial charge is 0.300 e. The van der Waals surface area contributed by atoms with Crippen molar-refractivity contribution in [1.29, 1.82) is 0 Å². The average molecular weight is 431 g/mol. The first-order valence-corrected chi connectivity index (χ1v) is 9.37. The molecule has 2 heterocycles. The van der Waals surface area contributed by atoms with E-state index >= 15 is 0 Å². The van der Waals surface area contributed by atoms with Gasteiger partial charge < -0.3 is 9.84 Å². The zero-order valence-corrected chi connectivity index (χ0v) is 17.1. The van der Waals surface area contributed by atoms with Gasteiger partial charge in [-0.15, -0.1) is 0 Å². The zero-order valence-electron chi connectivity index (χ0n) is 15.5. The monoisotopic (exact) mass is 431 g/mol. The summed E-state index contributed by atoms with van der Waals surface area (Å²) in [6.45, 7) is 1.08. The lowest BCUT2D eigenvalue weighted by atomic mass is 10.2. The number of aliphatic carboxylic acids is 1. The maximum Gasteiger partial charge on any atom is 0.300 e. The molecule has 0 spiro atoms. The van der Waals surface area contributed by atoms with Crippen molar-refractivity contribution in [2.75, 3.05) is 7.11 Å². The van der Waals surface area contributed by atoms with E-state index in [0.29, 0.717) is 16.2 Å². The number of carboxylic acid groups (broad SMARTS) is 1. The van der Waals surface area contributed by atoms with Crippen LogP contribution in [0.4, 0.5) is 0 Å². The van der Waals surface area contributed by atoms with E-state index in [1.807, 2.05) is 18.2 Å². The summed E-state index contributed by atoms with van der Waals surface area (Å²) in [4.78, 5) is 38.0. The standard InChI is InChI=1S/C17H13N3O3S2.C2H4O2/c1-23-13-5-3-2-4-12(13)10-14-16(22)20(17(24)25-14)19-15(21)11-6-8-18-9-7-11;1-2(3)4/h2-10H,1H3,(H,19,21);1H3,(H,3,4)/b14-10-;. The van der Waals surface area contributed by atoms with Gasteiger partial charge in [-0.05, 0) is 36.5 Å². The number of nitrogens with one attached hydrogen (secondary N) is 1. The Hall–Kier alpha value is -3.24. The molecule has 0 saturated carbocycles. The Kier molecular flexibility index (Phi) is 7.87. The summed E-state index contributed by atoms with van der Waals surface area (Å²) in [5.74, 6) is -1.01. The number of hydrazine groups is 1. The summed E-state index contributed by atoms with van der Waals surface area (Å²) >= 11 is 6.33. The molecule has 0 bridgehead atoms. The molecule has 3 rings (SSSR count). The molecular formula is C19H17N3O5S2. The number of thiocarbonyl (C=S) groups is 1. The summed E-state index contributed by atoms with van der Waals surface area (Å²) in [7, 11) is 1.56. The highest BCUT2D eigenvalue weighted by molar-refractivity contribution is 8.26. The Bertz CT molecular complexity index is 959. The number of pyridine rings is 1. The van der Waals surface area contributed by atoms with Crippen LogP contribution >= 0.6 is 24.0 Å². The third-order valence-electron chi connectivity index (χ3n) is 3.38. The largest absolute Gasteiger partial charge is 0.496 e. The second-order valence-electron chi connectivity index (χ2n) is 5.45. The Morgan fingerprint density at radius 1 is 1.24 bits per heavy atom. The Morgan fingerprint density at radius 3 is 2.48 bits per heavy atom. The van der Waals surface area contributed by atoms with E-state index in [9.17, 15) is 9.59 Å². The highest BCUT2D eigenvalue weighted by atomic mass is 32.2. The molecule has 1 aromatic carbocycles. The van der Waals surface area contributed by atoms with Gasteiger partial charge in [0, 0.05) is 30.4 Å². The lowest BCUT2D eigenvalue weighted by molar-refractivity contribution is -0.134. The number of thioether (sulfide) groups is 1. The molecule has 1 fully saturated rings. The van der Waals surface area contributed by atoms with Crippen molar-refractivity contribution in [1.82, 2.24) is 15.4 Å². The van der Waals surface area contributed by atoms with Crippen LogP contribution in [0.15, 0.2) is 53.7 Å². The number of carbonyl (C=O) groups is 3. The molecule has 1 aromatic heterocycles. The molecular weight excluding hydrogens is 414 g/mol. The van der Waals surface area contributed by atoms with Crippen molar-refractivity contribution in [3.05, 3.63) is 64.8 Å². The van der Waals surface area contributed by atoms with Crippen LogP contribution in [-0.2, 0) is 9.59 Å². The van der Waals surface area contributed by atoms with Crippen LogP contribution in [0.3, 0.4) is 0 Å². The summed E-state index contributed by atoms with van der Waals surface area (Å²) in [6, 6.07) is 10.4. The normalized spacial score (nSPS) is 14.3. The predicted molar refractivity (Wildman–Crippen MR) is 113 cm³/mol. The van der Waals surface area contributed by atoms with E-state index in [4.69, 9.17) is 26.9 Å². The fraction of sp³-hybridized carbons (Fsp3) is 0.105. The van der Waals surface area contributed by atoms with Gasteiger partial charge in [-0.2, -0.15) is 5.01 Å². The highest BCUT2D eigenvalue weighted by Gasteiger charge is 2.34. The molecule has 8 nitrogen and oxygen atoms in total. The Labute approximate surface area is 176 Å². The Balaban J connectivity index is 0.000000687. The van der Waals surface area contributed by atoms with Crippen LogP contribution in [0.5, 0.6) is 5.75 Å². The molecule has 1 aliphatic rings. The predicted octanol–water partition coefficient (Wildman–Crippen LogP) is 2.73. The molecule has 2 N–H and O–H groups in total. The number of ether oxygens (including phenoxy) is 1. The van der Waals surface area contributed by atoms with Crippen molar-refractivity contribution >= 4 is 52.2 Å². The van der Waals surface area contributed by atoms with E-state index < -0.39 is 11.9 Å². The molecule has 1 saturated heterocycles. The van der Waals surface area contributed by atoms with Gasteiger partial charge in [0.15, 0.2) is 4.32 Å². The minimum Gasteiger partial charge on any atom is -0.496 e. The summed E-state index contributed by atoms with van der Waals surface area (Å²) < 4.78 is 5.54. The van der Waals surface area contributed by atoms with Crippen LogP contribution < -0.4 is 10.2 Å². The summed E-state index contributed by atoms with van der Waals surface area (Å²) in [5.41, 5.74) is 3.66. The van der Waals surface area contributed by atoms with Gasteiger partial charge in [-0.25, -0.2) is 0 Å². The van der Waals surface area contributed by atoms with E-state index in [0.717, 1.165) is 29.3 Å². The van der Waals surface area contributed by atoms with Gasteiger partial charge in [0.2, 0.25) is 0 Å². The number of carbonyl (C=O) groups excluding carboxylic acids is 2. The van der Waals surface area contributed by atoms with Gasteiger partial charge in [0.05, 0.1) is 12.0 Å². The lowest BCUT2D eigenvalue weighted by Gasteiger charge is -2.15. The molecule has 29 heavy (non-hydrogen) atoms. The third kappa shape index (κ3) is 6.13. The first-order chi connectivity index (χ1) is 13.8. The average Bonchev–Trinajstić information content (AvgIpc) is 2.96. The van der Waals surface area contributed by atoms with Gasteiger partial charge in [-0.1, -0.05) is 30.0 Å². The fourth-order valence-corrected chi connectivity index (χ4v) is 3.33. The molecule has 0 aliphatic carbocycles. The van der Waals surface area contributed by atoms with Crippen molar-refractivity contribution in [2.24, 2.45) is 0 Å². The number of nitrogens with zero attached hydrogens (tertiary/aromatic N) is 2. The van der Waals surface area contributed by atoms with Crippen LogP contribution in [0.2, 0.25) is 0 Å². The van der Waals surface area contributed by atoms with E-state index in [2.05, 4.69) is 10.4 Å². The van der Waals surface area contributed by atoms with Gasteiger partial charge in [-0.3, -0.25) is 24.8 Å². The van der Waals surface area contributed by atoms with Crippen molar-refractivity contribution in [3.8, 4) is 5.75 Å². The number of methoxy groups -OCH3 is 1. The van der Waals surface area contributed by atoms with E-state index in [1.54, 1.807) is 31.4 Å². The minimum atomic E-state index is -0.833. The second-order valence-corrected chi connectivity index (χ2v) is 7.13. The molecule has 0 atom stereocenters. The molecule has 10 heteroatoms. The van der Waals surface area contributed by atoms with Crippen molar-refractivity contribution < 1.29 is 24.2 Å². The van der Waals surface area contributed by atoms with Crippen molar-refractivity contribution in [2.45, 2.75) is 6.92 Å². The number of rotatable bonds is 4. The molecule has 0 radical (unpaired) electrons. The number of hydrogen-bond donors (Lipinski definition) is 2. The number of carboxylic acids is 1. The molecule has 150 valence electrons. The molecule has 2 amide bonds. The maximum atomic E-state index is 12.6. The highest BCUT2D eigenvalue weighted by Crippen LogP contribution is 2.33. The van der Waals surface area contributed by atoms with Crippen LogP contribution in [0.1, 0.15) is 22.8 Å². The first-order valence-electron chi connectivity index (χ1n) is 8.15. The second kappa shape index (κ2) is 10.3. The SMILES string of the molecule is CC(=O)O.COc1ccccc1/C=C1\SC(=S)N(NC(=O)c2ccncc2)C1=O. The fourth-order valence-electron chi connectivity index (χ4n) is 2.16. The molecule has 2 aromatic rings. The van der Waals surface area contributed by atoms with Crippen molar-refractivity contribution in [3.63, 3.8) is 0 Å². The lowest BCUT2D eigenvalue weighted by Crippen LogP contribution is -2.44.